The summed E-state index contributed by atoms with van der Waals surface area (Å²) < 4.78 is 35.7. The molecule has 2 fully saturated rings. The Kier molecular flexibility index (Phi) is 7.23. The number of methoxy groups -OCH3 is 1. The van der Waals surface area contributed by atoms with Gasteiger partial charge in [0.05, 0.1) is 20.3 Å². The number of hydrogen-bond acceptors (Lipinski definition) is 7. The largest absolute Gasteiger partial charge is 0.497 e. The molecule has 0 saturated carbocycles. The summed E-state index contributed by atoms with van der Waals surface area (Å²) in [4.78, 5) is 0. The molecule has 2 saturated heterocycles. The first-order chi connectivity index (χ1) is 14.3. The summed E-state index contributed by atoms with van der Waals surface area (Å²) in [5.74, 6) is 0.0270. The van der Waals surface area contributed by atoms with Gasteiger partial charge < -0.3 is 33.2 Å². The van der Waals surface area contributed by atoms with Gasteiger partial charge in [-0.1, -0.05) is 32.9 Å². The molecular weight excluding hydrogens is 416 g/mol. The zero-order valence-corrected chi connectivity index (χ0v) is 21.0. The van der Waals surface area contributed by atoms with E-state index in [1.165, 1.54) is 0 Å². The predicted molar refractivity (Wildman–Crippen MR) is 119 cm³/mol. The first kappa shape index (κ1) is 24.6. The fourth-order valence-corrected chi connectivity index (χ4v) is 4.56. The van der Waals surface area contributed by atoms with E-state index < -0.39 is 44.8 Å². The van der Waals surface area contributed by atoms with Crippen molar-refractivity contribution in [3.63, 3.8) is 0 Å². The van der Waals surface area contributed by atoms with Gasteiger partial charge in [0.1, 0.15) is 30.2 Å². The Balaban J connectivity index is 1.64. The maximum Gasteiger partial charge on any atom is 0.192 e. The van der Waals surface area contributed by atoms with Crippen molar-refractivity contribution in [2.45, 2.75) is 95.9 Å². The van der Waals surface area contributed by atoms with Gasteiger partial charge in [-0.15, -0.1) is 0 Å². The Bertz CT molecular complexity index is 728. The van der Waals surface area contributed by atoms with Crippen molar-refractivity contribution in [1.29, 1.82) is 0 Å². The monoisotopic (exact) mass is 454 g/mol. The fourth-order valence-electron chi connectivity index (χ4n) is 3.54. The third kappa shape index (κ3) is 5.68. The van der Waals surface area contributed by atoms with Crippen LogP contribution in [0.15, 0.2) is 24.3 Å². The van der Waals surface area contributed by atoms with Crippen LogP contribution in [0.1, 0.15) is 40.2 Å². The number of aliphatic hydroxyl groups excluding tert-OH is 1. The van der Waals surface area contributed by atoms with Crippen molar-refractivity contribution in [1.82, 2.24) is 0 Å². The van der Waals surface area contributed by atoms with Crippen molar-refractivity contribution in [2.75, 3.05) is 13.7 Å². The Morgan fingerprint density at radius 3 is 2.29 bits per heavy atom. The van der Waals surface area contributed by atoms with Gasteiger partial charge in [-0.05, 0) is 49.7 Å². The second-order valence-corrected chi connectivity index (χ2v) is 15.1. The van der Waals surface area contributed by atoms with Gasteiger partial charge in [-0.2, -0.15) is 0 Å². The first-order valence-electron chi connectivity index (χ1n) is 10.9. The summed E-state index contributed by atoms with van der Waals surface area (Å²) >= 11 is 0. The molecule has 3 rings (SSSR count). The lowest BCUT2D eigenvalue weighted by Gasteiger charge is -2.37. The minimum atomic E-state index is -1.99. The van der Waals surface area contributed by atoms with Gasteiger partial charge in [-0.3, -0.25) is 0 Å². The van der Waals surface area contributed by atoms with E-state index in [2.05, 4.69) is 33.9 Å². The van der Waals surface area contributed by atoms with Crippen LogP contribution in [0.4, 0.5) is 0 Å². The van der Waals surface area contributed by atoms with Gasteiger partial charge in [0.25, 0.3) is 0 Å². The smallest absolute Gasteiger partial charge is 0.192 e. The number of aliphatic hydroxyl groups is 1. The molecule has 31 heavy (non-hydrogen) atoms. The van der Waals surface area contributed by atoms with Crippen molar-refractivity contribution in [3.05, 3.63) is 29.8 Å². The Morgan fingerprint density at radius 2 is 1.71 bits per heavy atom. The number of ether oxygens (including phenoxy) is 5. The second kappa shape index (κ2) is 9.09. The van der Waals surface area contributed by atoms with Gasteiger partial charge in [0, 0.05) is 0 Å². The van der Waals surface area contributed by atoms with E-state index in [1.807, 2.05) is 38.1 Å². The van der Waals surface area contributed by atoms with Crippen molar-refractivity contribution in [2.24, 2.45) is 0 Å². The summed E-state index contributed by atoms with van der Waals surface area (Å²) in [7, 11) is -0.357. The summed E-state index contributed by atoms with van der Waals surface area (Å²) in [6, 6.07) is 7.67. The van der Waals surface area contributed by atoms with E-state index in [-0.39, 0.29) is 11.6 Å². The quantitative estimate of drug-likeness (QED) is 0.598. The average molecular weight is 455 g/mol. The Hall–Kier alpha value is -1.00. The maximum absolute atomic E-state index is 10.9. The SMILES string of the molecule is COc1ccc(CO[C@H]2O[C@H]([C@H](O)CO[Si](C)(C)C(C)(C)C)[C@@H]3OC(C)(C)O[C@H]23)cc1. The molecule has 1 aromatic rings. The molecule has 8 heteroatoms. The molecule has 0 radical (unpaired) electrons. The highest BCUT2D eigenvalue weighted by Crippen LogP contribution is 2.41. The topological polar surface area (TPSA) is 75.6 Å². The standard InChI is InChI=1S/C23H38O7Si/c1-22(2,3)31(7,8)27-14-17(24)18-19-20(30-23(4,5)29-19)21(28-18)26-13-15-9-11-16(25-6)12-10-15/h9-12,17-21,24H,13-14H2,1-8H3/t17-,18-,19+,20+,21+/m1/s1. The van der Waals surface area contributed by atoms with Crippen LogP contribution in [-0.4, -0.2) is 63.6 Å². The average Bonchev–Trinajstić information content (AvgIpc) is 3.17. The molecule has 0 amide bonds. The zero-order chi connectivity index (χ0) is 23.0. The van der Waals surface area contributed by atoms with E-state index >= 15 is 0 Å². The number of fused-ring (bicyclic) bond motifs is 1. The third-order valence-corrected chi connectivity index (χ3v) is 10.9. The molecule has 0 aromatic heterocycles. The van der Waals surface area contributed by atoms with Crippen LogP contribution in [0.25, 0.3) is 0 Å². The lowest BCUT2D eigenvalue weighted by molar-refractivity contribution is -0.247. The maximum atomic E-state index is 10.9. The highest BCUT2D eigenvalue weighted by atomic mass is 28.4. The highest BCUT2D eigenvalue weighted by Gasteiger charge is 2.57. The lowest BCUT2D eigenvalue weighted by Crippen LogP contribution is -2.46. The van der Waals surface area contributed by atoms with E-state index in [9.17, 15) is 5.11 Å². The van der Waals surface area contributed by atoms with Gasteiger partial charge >= 0.3 is 0 Å². The van der Waals surface area contributed by atoms with Gasteiger partial charge in [-0.25, -0.2) is 0 Å². The summed E-state index contributed by atoms with van der Waals surface area (Å²) in [5, 5.41) is 11.0. The van der Waals surface area contributed by atoms with E-state index in [1.54, 1.807) is 7.11 Å². The van der Waals surface area contributed by atoms with Crippen LogP contribution in [0.2, 0.25) is 18.1 Å². The lowest BCUT2D eigenvalue weighted by atomic mass is 10.1. The van der Waals surface area contributed by atoms with Crippen LogP contribution in [0.3, 0.4) is 0 Å². The molecule has 0 unspecified atom stereocenters. The van der Waals surface area contributed by atoms with Crippen molar-refractivity contribution in [3.8, 4) is 5.75 Å². The number of benzene rings is 1. The molecular formula is C23H38O7Si. The molecule has 1 N–H and O–H groups in total. The third-order valence-electron chi connectivity index (χ3n) is 6.42. The summed E-state index contributed by atoms with van der Waals surface area (Å²) in [6.07, 6.45) is -2.90. The van der Waals surface area contributed by atoms with Crippen molar-refractivity contribution < 1.29 is 33.2 Å². The van der Waals surface area contributed by atoms with Crippen LogP contribution < -0.4 is 4.74 Å². The fraction of sp³-hybridized carbons (Fsp3) is 0.739. The molecule has 2 heterocycles. The molecule has 2 aliphatic heterocycles. The first-order valence-corrected chi connectivity index (χ1v) is 13.8. The summed E-state index contributed by atoms with van der Waals surface area (Å²) in [6.45, 7) is 15.1. The van der Waals surface area contributed by atoms with E-state index in [4.69, 9.17) is 28.1 Å². The van der Waals surface area contributed by atoms with Crippen LogP contribution in [0.5, 0.6) is 5.75 Å². The molecule has 0 bridgehead atoms. The van der Waals surface area contributed by atoms with Crippen molar-refractivity contribution >= 4 is 8.32 Å². The minimum absolute atomic E-state index is 0.0603. The Labute approximate surface area is 187 Å². The van der Waals surface area contributed by atoms with E-state index in [0.717, 1.165) is 11.3 Å². The normalized spacial score (nSPS) is 29.1. The van der Waals surface area contributed by atoms with E-state index in [0.29, 0.717) is 6.61 Å². The van der Waals surface area contributed by atoms with Crippen LogP contribution in [0, 0.1) is 0 Å². The predicted octanol–water partition coefficient (Wildman–Crippen LogP) is 3.84. The molecule has 0 spiro atoms. The van der Waals surface area contributed by atoms with Crippen LogP contribution >= 0.6 is 0 Å². The molecule has 176 valence electrons. The molecule has 5 atom stereocenters. The van der Waals surface area contributed by atoms with Crippen LogP contribution in [-0.2, 0) is 30.0 Å². The van der Waals surface area contributed by atoms with Gasteiger partial charge in [0.15, 0.2) is 20.4 Å². The molecule has 0 aliphatic carbocycles. The number of rotatable bonds is 8. The number of hydrogen-bond donors (Lipinski definition) is 1. The highest BCUT2D eigenvalue weighted by molar-refractivity contribution is 6.74. The molecule has 7 nitrogen and oxygen atoms in total. The minimum Gasteiger partial charge on any atom is -0.497 e. The molecule has 2 aliphatic rings. The van der Waals surface area contributed by atoms with Gasteiger partial charge in [0.2, 0.25) is 0 Å². The Morgan fingerprint density at radius 1 is 1.10 bits per heavy atom. The zero-order valence-electron chi connectivity index (χ0n) is 20.0. The molecule has 1 aromatic carbocycles. The second-order valence-electron chi connectivity index (χ2n) is 10.3. The summed E-state index contributed by atoms with van der Waals surface area (Å²) in [5.41, 5.74) is 0.990.